The second-order valence-corrected chi connectivity index (χ2v) is 6.17. The summed E-state index contributed by atoms with van der Waals surface area (Å²) in [6, 6.07) is 13.3. The minimum atomic E-state index is 0. The minimum Gasteiger partial charge on any atom is -0.489 e. The highest BCUT2D eigenvalue weighted by Crippen LogP contribution is 2.25. The first kappa shape index (κ1) is 20.3. The third kappa shape index (κ3) is 4.81. The molecule has 0 amide bonds. The first-order valence-electron chi connectivity index (χ1n) is 8.57. The van der Waals surface area contributed by atoms with Gasteiger partial charge in [0, 0.05) is 40.2 Å². The molecule has 2 aromatic heterocycles. The van der Waals surface area contributed by atoms with Crippen molar-refractivity contribution in [3.8, 4) is 11.8 Å². The summed E-state index contributed by atoms with van der Waals surface area (Å²) in [5.41, 5.74) is 4.59. The zero-order valence-electron chi connectivity index (χ0n) is 15.3. The van der Waals surface area contributed by atoms with E-state index in [4.69, 9.17) is 15.4 Å². The van der Waals surface area contributed by atoms with Crippen LogP contribution in [0.2, 0.25) is 0 Å². The zero-order valence-corrected chi connectivity index (χ0v) is 16.1. The molecule has 3 aromatic rings. The number of hydrogen-bond donors (Lipinski definition) is 1. The van der Waals surface area contributed by atoms with E-state index in [0.29, 0.717) is 23.8 Å². The van der Waals surface area contributed by atoms with Gasteiger partial charge in [0.2, 0.25) is 0 Å². The van der Waals surface area contributed by atoms with Gasteiger partial charge in [0.25, 0.3) is 0 Å². The fourth-order valence-corrected chi connectivity index (χ4v) is 2.81. The lowest BCUT2D eigenvalue weighted by molar-refractivity contribution is 0.306. The van der Waals surface area contributed by atoms with Gasteiger partial charge in [0.1, 0.15) is 24.1 Å². The van der Waals surface area contributed by atoms with Crippen LogP contribution in [0.5, 0.6) is 5.75 Å². The van der Waals surface area contributed by atoms with Gasteiger partial charge in [0.15, 0.2) is 0 Å². The largest absolute Gasteiger partial charge is 0.489 e. The third-order valence-electron chi connectivity index (χ3n) is 4.08. The maximum atomic E-state index is 8.79. The van der Waals surface area contributed by atoms with E-state index in [1.165, 1.54) is 0 Å². The van der Waals surface area contributed by atoms with E-state index in [0.717, 1.165) is 40.6 Å². The highest BCUT2D eigenvalue weighted by Gasteiger charge is 2.10. The third-order valence-corrected chi connectivity index (χ3v) is 4.08. The Hall–Kier alpha value is -2.97. The van der Waals surface area contributed by atoms with Crippen molar-refractivity contribution in [2.45, 2.75) is 33.3 Å². The summed E-state index contributed by atoms with van der Waals surface area (Å²) >= 11 is 0. The van der Waals surface area contributed by atoms with Crippen molar-refractivity contribution < 1.29 is 4.74 Å². The number of aryl methyl sites for hydroxylation is 1. The van der Waals surface area contributed by atoms with Gasteiger partial charge in [-0.3, -0.25) is 4.98 Å². The summed E-state index contributed by atoms with van der Waals surface area (Å²) < 4.78 is 5.84. The van der Waals surface area contributed by atoms with Crippen LogP contribution in [0.25, 0.3) is 10.9 Å². The summed E-state index contributed by atoms with van der Waals surface area (Å²) in [6.45, 7) is 4.39. The summed E-state index contributed by atoms with van der Waals surface area (Å²) in [5.74, 6) is 0.716. The Kier molecular flexibility index (Phi) is 6.86. The SMILES string of the molecule is CCCC(=N)c1cc(C)nc2cc(OCc3ccc(C#N)nc3)ccc12.Cl. The molecule has 1 aromatic carbocycles. The van der Waals surface area contributed by atoms with Crippen molar-refractivity contribution in [2.75, 3.05) is 0 Å². The normalized spacial score (nSPS) is 10.1. The molecule has 0 aliphatic carbocycles. The summed E-state index contributed by atoms with van der Waals surface area (Å²) in [4.78, 5) is 8.63. The fourth-order valence-electron chi connectivity index (χ4n) is 2.81. The number of halogens is 1. The average Bonchev–Trinajstić information content (AvgIpc) is 2.66. The molecule has 0 saturated carbocycles. The number of pyridine rings is 2. The molecule has 0 aliphatic heterocycles. The number of aromatic nitrogens is 2. The summed E-state index contributed by atoms with van der Waals surface area (Å²) in [5, 5.41) is 18.1. The molecule has 6 heteroatoms. The van der Waals surface area contributed by atoms with Crippen LogP contribution in [0.15, 0.2) is 42.6 Å². The number of fused-ring (bicyclic) bond motifs is 1. The van der Waals surface area contributed by atoms with Crippen LogP contribution >= 0.6 is 12.4 Å². The summed E-state index contributed by atoms with van der Waals surface area (Å²) in [6.07, 6.45) is 3.34. The predicted molar refractivity (Wildman–Crippen MR) is 109 cm³/mol. The topological polar surface area (TPSA) is 82.6 Å². The van der Waals surface area contributed by atoms with E-state index in [1.54, 1.807) is 12.3 Å². The highest BCUT2D eigenvalue weighted by atomic mass is 35.5. The van der Waals surface area contributed by atoms with E-state index in [-0.39, 0.29) is 12.4 Å². The number of benzene rings is 1. The molecule has 2 heterocycles. The molecule has 0 unspecified atom stereocenters. The summed E-state index contributed by atoms with van der Waals surface area (Å²) in [7, 11) is 0. The van der Waals surface area contributed by atoms with Gasteiger partial charge >= 0.3 is 0 Å². The van der Waals surface area contributed by atoms with Crippen LogP contribution in [-0.2, 0) is 6.61 Å². The molecule has 3 rings (SSSR count). The first-order valence-corrected chi connectivity index (χ1v) is 8.57. The number of nitriles is 1. The maximum Gasteiger partial charge on any atom is 0.140 e. The second-order valence-electron chi connectivity index (χ2n) is 6.17. The lowest BCUT2D eigenvalue weighted by atomic mass is 10.0. The van der Waals surface area contributed by atoms with E-state index in [9.17, 15) is 0 Å². The van der Waals surface area contributed by atoms with Gasteiger partial charge in [-0.1, -0.05) is 19.4 Å². The van der Waals surface area contributed by atoms with Crippen molar-refractivity contribution in [2.24, 2.45) is 0 Å². The van der Waals surface area contributed by atoms with E-state index in [2.05, 4.69) is 16.9 Å². The molecule has 5 nitrogen and oxygen atoms in total. The van der Waals surface area contributed by atoms with Crippen LogP contribution in [-0.4, -0.2) is 15.7 Å². The molecule has 138 valence electrons. The number of rotatable bonds is 6. The first-order chi connectivity index (χ1) is 12.6. The molecule has 0 fully saturated rings. The Labute approximate surface area is 165 Å². The molecule has 1 N–H and O–H groups in total. The predicted octanol–water partition coefficient (Wildman–Crippen LogP) is 4.98. The lowest BCUT2D eigenvalue weighted by Gasteiger charge is -2.11. The van der Waals surface area contributed by atoms with Gasteiger partial charge in [0.05, 0.1) is 5.52 Å². The Morgan fingerprint density at radius 3 is 2.70 bits per heavy atom. The van der Waals surface area contributed by atoms with E-state index < -0.39 is 0 Å². The molecule has 0 spiro atoms. The number of nitrogens with zero attached hydrogens (tertiary/aromatic N) is 3. The molecule has 0 atom stereocenters. The zero-order chi connectivity index (χ0) is 18.5. The molecule has 0 saturated heterocycles. The molecule has 0 radical (unpaired) electrons. The quantitative estimate of drug-likeness (QED) is 0.611. The Morgan fingerprint density at radius 1 is 1.22 bits per heavy atom. The molecule has 0 bridgehead atoms. The van der Waals surface area contributed by atoms with Gasteiger partial charge in [-0.05, 0) is 37.6 Å². The Balaban J connectivity index is 0.00000261. The Morgan fingerprint density at radius 2 is 2.04 bits per heavy atom. The Bertz CT molecular complexity index is 993. The van der Waals surface area contributed by atoms with Gasteiger partial charge in [-0.15, -0.1) is 12.4 Å². The molecular weight excluding hydrogens is 360 g/mol. The molecule has 0 aliphatic rings. The van der Waals surface area contributed by atoms with Crippen molar-refractivity contribution in [3.63, 3.8) is 0 Å². The highest BCUT2D eigenvalue weighted by molar-refractivity contribution is 6.08. The van der Waals surface area contributed by atoms with E-state index in [1.807, 2.05) is 43.3 Å². The van der Waals surface area contributed by atoms with Gasteiger partial charge in [-0.25, -0.2) is 4.98 Å². The standard InChI is InChI=1S/C21H20N4O.ClH/c1-3-4-20(23)19-9-14(2)25-21-10-17(7-8-18(19)21)26-13-15-5-6-16(11-22)24-12-15;/h5-10,12,23H,3-4,13H2,1-2H3;1H. The van der Waals surface area contributed by atoms with Crippen molar-refractivity contribution >= 4 is 29.0 Å². The number of hydrogen-bond acceptors (Lipinski definition) is 5. The van der Waals surface area contributed by atoms with E-state index >= 15 is 0 Å². The molecular formula is C21H21ClN4O. The monoisotopic (exact) mass is 380 g/mol. The van der Waals surface area contributed by atoms with Crippen molar-refractivity contribution in [1.82, 2.24) is 9.97 Å². The van der Waals surface area contributed by atoms with Crippen LogP contribution in [0.4, 0.5) is 0 Å². The number of ether oxygens (including phenoxy) is 1. The maximum absolute atomic E-state index is 8.79. The number of nitrogens with one attached hydrogen (secondary N) is 1. The van der Waals surface area contributed by atoms with Crippen LogP contribution < -0.4 is 4.74 Å². The van der Waals surface area contributed by atoms with Gasteiger partial charge in [-0.2, -0.15) is 5.26 Å². The average molecular weight is 381 g/mol. The minimum absolute atomic E-state index is 0. The van der Waals surface area contributed by atoms with Crippen molar-refractivity contribution in [1.29, 1.82) is 10.7 Å². The van der Waals surface area contributed by atoms with Crippen LogP contribution in [0.1, 0.15) is 42.3 Å². The lowest BCUT2D eigenvalue weighted by Crippen LogP contribution is -2.02. The fraction of sp³-hybridized carbons (Fsp3) is 0.238. The van der Waals surface area contributed by atoms with Gasteiger partial charge < -0.3 is 10.1 Å². The van der Waals surface area contributed by atoms with Crippen LogP contribution in [0.3, 0.4) is 0 Å². The van der Waals surface area contributed by atoms with Crippen molar-refractivity contribution in [3.05, 3.63) is 65.1 Å². The second kappa shape index (κ2) is 9.11. The molecule has 27 heavy (non-hydrogen) atoms. The van der Waals surface area contributed by atoms with Crippen LogP contribution in [0, 0.1) is 23.7 Å². The smallest absolute Gasteiger partial charge is 0.140 e.